The highest BCUT2D eigenvalue weighted by atomic mass is 16.5. The zero-order valence-electron chi connectivity index (χ0n) is 11.5. The Morgan fingerprint density at radius 2 is 1.85 bits per heavy atom. The quantitative estimate of drug-likeness (QED) is 0.508. The van der Waals surface area contributed by atoms with Crippen molar-refractivity contribution in [1.29, 1.82) is 0 Å². The van der Waals surface area contributed by atoms with Gasteiger partial charge in [0.05, 0.1) is 5.71 Å². The summed E-state index contributed by atoms with van der Waals surface area (Å²) in [6.07, 6.45) is 0. The van der Waals surface area contributed by atoms with Gasteiger partial charge in [0.15, 0.2) is 0 Å². The zero-order chi connectivity index (χ0) is 14.5. The Bertz CT molecular complexity index is 618. The number of aryl methyl sites for hydroxylation is 1. The van der Waals surface area contributed by atoms with Crippen LogP contribution in [0, 0.1) is 6.92 Å². The second-order valence-corrected chi connectivity index (χ2v) is 4.64. The van der Waals surface area contributed by atoms with E-state index in [0.717, 1.165) is 16.7 Å². The fraction of sp³-hybridized carbons (Fsp3) is 0.188. The molecule has 2 aromatic carbocycles. The van der Waals surface area contributed by atoms with Gasteiger partial charge in [-0.2, -0.15) is 0 Å². The van der Waals surface area contributed by atoms with Crippen LogP contribution in [0.2, 0.25) is 0 Å². The largest absolute Gasteiger partial charge is 0.508 e. The minimum absolute atomic E-state index is 0.230. The highest BCUT2D eigenvalue weighted by Crippen LogP contribution is 2.22. The lowest BCUT2D eigenvalue weighted by Gasteiger charge is -2.12. The van der Waals surface area contributed by atoms with Crippen LogP contribution in [0.15, 0.2) is 47.6 Å². The summed E-state index contributed by atoms with van der Waals surface area (Å²) in [5.41, 5.74) is 3.30. The minimum atomic E-state index is 0.230. The van der Waals surface area contributed by atoms with Crippen LogP contribution in [-0.2, 0) is 6.61 Å². The molecule has 104 valence electrons. The van der Waals surface area contributed by atoms with E-state index >= 15 is 0 Å². The van der Waals surface area contributed by atoms with Crippen molar-refractivity contribution in [3.05, 3.63) is 59.2 Å². The Labute approximate surface area is 117 Å². The number of aromatic hydroxyl groups is 1. The summed E-state index contributed by atoms with van der Waals surface area (Å²) in [6.45, 7) is 4.08. The summed E-state index contributed by atoms with van der Waals surface area (Å²) in [7, 11) is 0. The molecule has 0 spiro atoms. The number of rotatable bonds is 4. The van der Waals surface area contributed by atoms with E-state index in [-0.39, 0.29) is 5.75 Å². The first kappa shape index (κ1) is 13.9. The molecule has 0 atom stereocenters. The summed E-state index contributed by atoms with van der Waals surface area (Å²) in [4.78, 5) is 0. The van der Waals surface area contributed by atoms with E-state index in [9.17, 15) is 5.11 Å². The van der Waals surface area contributed by atoms with Gasteiger partial charge in [-0.15, -0.1) is 0 Å². The van der Waals surface area contributed by atoms with E-state index in [1.54, 1.807) is 31.2 Å². The number of phenols is 1. The summed E-state index contributed by atoms with van der Waals surface area (Å²) < 4.78 is 5.77. The summed E-state index contributed by atoms with van der Waals surface area (Å²) in [6, 6.07) is 12.6. The fourth-order valence-electron chi connectivity index (χ4n) is 1.86. The van der Waals surface area contributed by atoms with Crippen LogP contribution in [0.25, 0.3) is 0 Å². The van der Waals surface area contributed by atoms with E-state index in [1.165, 1.54) is 0 Å². The standard InChI is InChI=1S/C16H17NO3/c1-11-3-8-16(15(9-11)12(2)17-19)20-10-13-4-6-14(18)7-5-13/h3-9,18-19H,10H2,1-2H3/b17-12-. The first-order valence-corrected chi connectivity index (χ1v) is 6.30. The summed E-state index contributed by atoms with van der Waals surface area (Å²) in [5, 5.41) is 21.4. The molecular formula is C16H17NO3. The normalized spacial score (nSPS) is 11.4. The molecule has 0 fully saturated rings. The lowest BCUT2D eigenvalue weighted by Crippen LogP contribution is -2.03. The Morgan fingerprint density at radius 3 is 2.50 bits per heavy atom. The van der Waals surface area contributed by atoms with Crippen molar-refractivity contribution in [3.63, 3.8) is 0 Å². The summed E-state index contributed by atoms with van der Waals surface area (Å²) >= 11 is 0. The van der Waals surface area contributed by atoms with E-state index in [1.807, 2.05) is 25.1 Å². The minimum Gasteiger partial charge on any atom is -0.508 e. The molecule has 2 N–H and O–H groups in total. The van der Waals surface area contributed by atoms with Gasteiger partial charge in [-0.1, -0.05) is 28.9 Å². The topological polar surface area (TPSA) is 62.1 Å². The lowest BCUT2D eigenvalue weighted by molar-refractivity contribution is 0.303. The van der Waals surface area contributed by atoms with Gasteiger partial charge in [0.2, 0.25) is 0 Å². The first-order valence-electron chi connectivity index (χ1n) is 6.30. The highest BCUT2D eigenvalue weighted by Gasteiger charge is 2.08. The third-order valence-electron chi connectivity index (χ3n) is 3.01. The molecule has 0 radical (unpaired) electrons. The molecule has 2 rings (SSSR count). The molecular weight excluding hydrogens is 254 g/mol. The number of oxime groups is 1. The van der Waals surface area contributed by atoms with Crippen LogP contribution < -0.4 is 4.74 Å². The van der Waals surface area contributed by atoms with E-state index in [2.05, 4.69) is 5.16 Å². The lowest BCUT2D eigenvalue weighted by atomic mass is 10.1. The Balaban J connectivity index is 2.19. The molecule has 20 heavy (non-hydrogen) atoms. The number of benzene rings is 2. The SMILES string of the molecule is C/C(=N/O)c1cc(C)ccc1OCc1ccc(O)cc1. The molecule has 0 aliphatic carbocycles. The predicted octanol–water partition coefficient (Wildman–Crippen LogP) is 3.48. The van der Waals surface area contributed by atoms with Crippen LogP contribution in [0.3, 0.4) is 0 Å². The van der Waals surface area contributed by atoms with Crippen molar-refractivity contribution in [2.75, 3.05) is 0 Å². The van der Waals surface area contributed by atoms with Gasteiger partial charge in [-0.05, 0) is 43.7 Å². The molecule has 2 aromatic rings. The van der Waals surface area contributed by atoms with Crippen molar-refractivity contribution < 1.29 is 15.1 Å². The molecule has 0 saturated carbocycles. The Hall–Kier alpha value is -2.49. The van der Waals surface area contributed by atoms with Crippen LogP contribution in [0.4, 0.5) is 0 Å². The average Bonchev–Trinajstić information content (AvgIpc) is 2.46. The number of nitrogens with zero attached hydrogens (tertiary/aromatic N) is 1. The number of hydrogen-bond donors (Lipinski definition) is 2. The van der Waals surface area contributed by atoms with Crippen LogP contribution in [-0.4, -0.2) is 16.0 Å². The molecule has 0 bridgehead atoms. The van der Waals surface area contributed by atoms with E-state index in [4.69, 9.17) is 9.94 Å². The van der Waals surface area contributed by atoms with Crippen LogP contribution in [0.5, 0.6) is 11.5 Å². The number of ether oxygens (including phenoxy) is 1. The molecule has 0 aliphatic rings. The van der Waals surface area contributed by atoms with E-state index in [0.29, 0.717) is 18.1 Å². The van der Waals surface area contributed by atoms with Crippen molar-refractivity contribution >= 4 is 5.71 Å². The maximum atomic E-state index is 9.24. The van der Waals surface area contributed by atoms with Gasteiger partial charge >= 0.3 is 0 Å². The molecule has 0 unspecified atom stereocenters. The third-order valence-corrected chi connectivity index (χ3v) is 3.01. The maximum absolute atomic E-state index is 9.24. The van der Waals surface area contributed by atoms with Gasteiger partial charge in [0, 0.05) is 5.56 Å². The average molecular weight is 271 g/mol. The number of hydrogen-bond acceptors (Lipinski definition) is 4. The van der Waals surface area contributed by atoms with Crippen molar-refractivity contribution in [2.24, 2.45) is 5.16 Å². The second-order valence-electron chi connectivity index (χ2n) is 4.64. The molecule has 0 amide bonds. The van der Waals surface area contributed by atoms with Crippen molar-refractivity contribution in [2.45, 2.75) is 20.5 Å². The molecule has 0 aliphatic heterocycles. The van der Waals surface area contributed by atoms with Gasteiger partial charge in [0.25, 0.3) is 0 Å². The molecule has 4 heteroatoms. The molecule has 0 heterocycles. The van der Waals surface area contributed by atoms with Gasteiger partial charge in [-0.25, -0.2) is 0 Å². The van der Waals surface area contributed by atoms with Gasteiger partial charge in [-0.3, -0.25) is 0 Å². The maximum Gasteiger partial charge on any atom is 0.128 e. The van der Waals surface area contributed by atoms with Crippen molar-refractivity contribution in [1.82, 2.24) is 0 Å². The smallest absolute Gasteiger partial charge is 0.128 e. The predicted molar refractivity (Wildman–Crippen MR) is 77.6 cm³/mol. The second kappa shape index (κ2) is 6.10. The number of phenolic OH excluding ortho intramolecular Hbond substituents is 1. The monoisotopic (exact) mass is 271 g/mol. The molecule has 4 nitrogen and oxygen atoms in total. The van der Waals surface area contributed by atoms with Crippen LogP contribution >= 0.6 is 0 Å². The van der Waals surface area contributed by atoms with Gasteiger partial charge < -0.3 is 15.1 Å². The van der Waals surface area contributed by atoms with Crippen LogP contribution in [0.1, 0.15) is 23.6 Å². The fourth-order valence-corrected chi connectivity index (χ4v) is 1.86. The first-order chi connectivity index (χ1) is 9.60. The highest BCUT2D eigenvalue weighted by molar-refractivity contribution is 6.00. The third kappa shape index (κ3) is 3.29. The van der Waals surface area contributed by atoms with Gasteiger partial charge in [0.1, 0.15) is 18.1 Å². The Kier molecular flexibility index (Phi) is 4.25. The Morgan fingerprint density at radius 1 is 1.15 bits per heavy atom. The van der Waals surface area contributed by atoms with Crippen molar-refractivity contribution in [3.8, 4) is 11.5 Å². The van der Waals surface area contributed by atoms with E-state index < -0.39 is 0 Å². The summed E-state index contributed by atoms with van der Waals surface area (Å²) in [5.74, 6) is 0.895. The molecule has 0 saturated heterocycles. The zero-order valence-corrected chi connectivity index (χ0v) is 11.5. The molecule has 0 aromatic heterocycles.